The summed E-state index contributed by atoms with van der Waals surface area (Å²) in [7, 11) is 0. The molecule has 0 radical (unpaired) electrons. The summed E-state index contributed by atoms with van der Waals surface area (Å²) >= 11 is 6.06. The van der Waals surface area contributed by atoms with Crippen LogP contribution in [0.4, 0.5) is 10.1 Å². The number of nitrogens with zero attached hydrogens (tertiary/aromatic N) is 2. The van der Waals surface area contributed by atoms with Crippen molar-refractivity contribution in [3.05, 3.63) is 52.8 Å². The van der Waals surface area contributed by atoms with Gasteiger partial charge in [-0.15, -0.1) is 0 Å². The molecule has 7 nitrogen and oxygen atoms in total. The highest BCUT2D eigenvalue weighted by molar-refractivity contribution is 6.30. The maximum absolute atomic E-state index is 14.7. The smallest absolute Gasteiger partial charge is 0.254 e. The standard InChI is InChI=1S/C26H29ClFN3O4/c27-18-3-5-19(6-4-18)31-10-7-26(16-31)25(32)29-21(24(35-26)30-8-1-2-9-30)14-17-13-20(28)23-22(15-17)33-11-12-34-23/h3-6,13,15,21,24H,1-2,7-12,14,16H2,(H,29,32). The Morgan fingerprint density at radius 1 is 1.09 bits per heavy atom. The quantitative estimate of drug-likeness (QED) is 0.693. The number of ether oxygens (including phenoxy) is 3. The van der Waals surface area contributed by atoms with E-state index in [0.29, 0.717) is 43.4 Å². The molecule has 9 heteroatoms. The van der Waals surface area contributed by atoms with Crippen molar-refractivity contribution in [3.63, 3.8) is 0 Å². The second kappa shape index (κ2) is 9.15. The SMILES string of the molecule is O=C1NC(Cc2cc(F)c3c(c2)OCCO3)C(N2CCCC2)OC12CCN(c1ccc(Cl)cc1)C2. The van der Waals surface area contributed by atoms with Gasteiger partial charge in [0.25, 0.3) is 5.91 Å². The number of halogens is 2. The minimum atomic E-state index is -0.915. The van der Waals surface area contributed by atoms with Crippen LogP contribution in [0.1, 0.15) is 24.8 Å². The van der Waals surface area contributed by atoms with Crippen molar-refractivity contribution in [1.29, 1.82) is 0 Å². The maximum Gasteiger partial charge on any atom is 0.254 e. The van der Waals surface area contributed by atoms with Crippen LogP contribution in [0, 0.1) is 5.82 Å². The van der Waals surface area contributed by atoms with E-state index in [1.54, 1.807) is 0 Å². The van der Waals surface area contributed by atoms with Gasteiger partial charge in [0, 0.05) is 36.8 Å². The van der Waals surface area contributed by atoms with Gasteiger partial charge in [-0.05, 0) is 61.2 Å². The van der Waals surface area contributed by atoms with Gasteiger partial charge in [-0.25, -0.2) is 4.39 Å². The highest BCUT2D eigenvalue weighted by Gasteiger charge is 2.53. The number of morpholine rings is 1. The molecule has 3 atom stereocenters. The topological polar surface area (TPSA) is 63.3 Å². The number of likely N-dealkylation sites (tertiary alicyclic amines) is 1. The summed E-state index contributed by atoms with van der Waals surface area (Å²) in [5, 5.41) is 3.94. The van der Waals surface area contributed by atoms with Crippen molar-refractivity contribution in [2.24, 2.45) is 0 Å². The summed E-state index contributed by atoms with van der Waals surface area (Å²) in [6, 6.07) is 10.7. The molecule has 1 spiro atoms. The zero-order valence-electron chi connectivity index (χ0n) is 19.5. The average molecular weight is 502 g/mol. The lowest BCUT2D eigenvalue weighted by molar-refractivity contribution is -0.194. The molecule has 4 aliphatic heterocycles. The summed E-state index contributed by atoms with van der Waals surface area (Å²) < 4.78 is 32.4. The Kier molecular flexibility index (Phi) is 5.98. The van der Waals surface area contributed by atoms with Crippen LogP contribution in [0.25, 0.3) is 0 Å². The number of amides is 1. The molecule has 3 saturated heterocycles. The van der Waals surface area contributed by atoms with E-state index in [1.807, 2.05) is 30.3 Å². The molecule has 186 valence electrons. The molecule has 0 aromatic heterocycles. The monoisotopic (exact) mass is 501 g/mol. The lowest BCUT2D eigenvalue weighted by Gasteiger charge is -2.46. The van der Waals surface area contributed by atoms with Crippen molar-refractivity contribution in [1.82, 2.24) is 10.2 Å². The molecule has 0 aliphatic carbocycles. The summed E-state index contributed by atoms with van der Waals surface area (Å²) in [6.07, 6.45) is 2.97. The minimum absolute atomic E-state index is 0.104. The predicted octanol–water partition coefficient (Wildman–Crippen LogP) is 3.38. The van der Waals surface area contributed by atoms with E-state index in [2.05, 4.69) is 15.1 Å². The Labute approximate surface area is 209 Å². The highest BCUT2D eigenvalue weighted by Crippen LogP contribution is 2.38. The van der Waals surface area contributed by atoms with E-state index < -0.39 is 11.4 Å². The summed E-state index contributed by atoms with van der Waals surface area (Å²) in [5.41, 5.74) is 0.853. The number of benzene rings is 2. The second-order valence-electron chi connectivity index (χ2n) is 9.78. The van der Waals surface area contributed by atoms with E-state index in [4.69, 9.17) is 25.8 Å². The Morgan fingerprint density at radius 2 is 1.86 bits per heavy atom. The van der Waals surface area contributed by atoms with Gasteiger partial charge in [0.15, 0.2) is 22.9 Å². The first-order valence-electron chi connectivity index (χ1n) is 12.3. The summed E-state index contributed by atoms with van der Waals surface area (Å²) in [6.45, 7) is 3.77. The van der Waals surface area contributed by atoms with E-state index in [9.17, 15) is 9.18 Å². The second-order valence-corrected chi connectivity index (χ2v) is 10.2. The van der Waals surface area contributed by atoms with Crippen LogP contribution in [-0.4, -0.2) is 68.1 Å². The zero-order valence-corrected chi connectivity index (χ0v) is 20.2. The molecule has 0 bridgehead atoms. The molecule has 3 unspecified atom stereocenters. The molecule has 4 aliphatic rings. The molecule has 1 amide bonds. The Bertz CT molecular complexity index is 1110. The lowest BCUT2D eigenvalue weighted by Crippen LogP contribution is -2.68. The van der Waals surface area contributed by atoms with Crippen molar-refractivity contribution in [3.8, 4) is 11.5 Å². The van der Waals surface area contributed by atoms with E-state index in [1.165, 1.54) is 6.07 Å². The summed E-state index contributed by atoms with van der Waals surface area (Å²) in [4.78, 5) is 18.0. The molecule has 35 heavy (non-hydrogen) atoms. The average Bonchev–Trinajstić information content (AvgIpc) is 3.53. The third-order valence-electron chi connectivity index (χ3n) is 7.46. The third kappa shape index (κ3) is 4.32. The number of anilines is 1. The van der Waals surface area contributed by atoms with E-state index in [0.717, 1.165) is 43.7 Å². The molecule has 2 aromatic carbocycles. The van der Waals surface area contributed by atoms with Crippen LogP contribution in [0.2, 0.25) is 5.02 Å². The Hall–Kier alpha value is -2.55. The Morgan fingerprint density at radius 3 is 2.66 bits per heavy atom. The predicted molar refractivity (Wildman–Crippen MR) is 130 cm³/mol. The van der Waals surface area contributed by atoms with Crippen LogP contribution >= 0.6 is 11.6 Å². The van der Waals surface area contributed by atoms with Crippen molar-refractivity contribution >= 4 is 23.2 Å². The number of fused-ring (bicyclic) bond motifs is 1. The van der Waals surface area contributed by atoms with Crippen LogP contribution in [0.5, 0.6) is 11.5 Å². The van der Waals surface area contributed by atoms with Crippen molar-refractivity contribution < 1.29 is 23.4 Å². The first-order chi connectivity index (χ1) is 17.0. The number of carbonyl (C=O) groups is 1. The first-order valence-corrected chi connectivity index (χ1v) is 12.7. The van der Waals surface area contributed by atoms with Gasteiger partial charge in [0.2, 0.25) is 0 Å². The van der Waals surface area contributed by atoms with E-state index >= 15 is 0 Å². The molecular weight excluding hydrogens is 473 g/mol. The fourth-order valence-electron chi connectivity index (χ4n) is 5.69. The minimum Gasteiger partial charge on any atom is -0.486 e. The Balaban J connectivity index is 1.24. The van der Waals surface area contributed by atoms with Crippen LogP contribution in [0.3, 0.4) is 0 Å². The number of nitrogens with one attached hydrogen (secondary N) is 1. The van der Waals surface area contributed by atoms with Gasteiger partial charge in [-0.3, -0.25) is 9.69 Å². The largest absolute Gasteiger partial charge is 0.486 e. The number of hydrogen-bond acceptors (Lipinski definition) is 6. The van der Waals surface area contributed by atoms with Crippen LogP contribution in [-0.2, 0) is 16.0 Å². The lowest BCUT2D eigenvalue weighted by atomic mass is 9.94. The molecule has 1 N–H and O–H groups in total. The molecule has 6 rings (SSSR count). The van der Waals surface area contributed by atoms with Gasteiger partial charge >= 0.3 is 0 Å². The molecule has 0 saturated carbocycles. The fraction of sp³-hybridized carbons (Fsp3) is 0.500. The summed E-state index contributed by atoms with van der Waals surface area (Å²) in [5.74, 6) is 0.0291. The molecule has 2 aromatic rings. The van der Waals surface area contributed by atoms with Crippen molar-refractivity contribution in [2.75, 3.05) is 44.3 Å². The number of rotatable bonds is 4. The number of carbonyl (C=O) groups excluding carboxylic acids is 1. The van der Waals surface area contributed by atoms with Gasteiger partial charge in [0.05, 0.1) is 12.6 Å². The highest BCUT2D eigenvalue weighted by atomic mass is 35.5. The number of hydrogen-bond donors (Lipinski definition) is 1. The fourth-order valence-corrected chi connectivity index (χ4v) is 5.81. The van der Waals surface area contributed by atoms with Gasteiger partial charge in [-0.2, -0.15) is 0 Å². The first kappa shape index (κ1) is 22.9. The van der Waals surface area contributed by atoms with E-state index in [-0.39, 0.29) is 23.9 Å². The van der Waals surface area contributed by atoms with Crippen LogP contribution in [0.15, 0.2) is 36.4 Å². The molecule has 3 fully saturated rings. The van der Waals surface area contributed by atoms with Gasteiger partial charge in [-0.1, -0.05) is 11.6 Å². The zero-order chi connectivity index (χ0) is 24.0. The molecular formula is C26H29ClFN3O4. The maximum atomic E-state index is 14.7. The van der Waals surface area contributed by atoms with Crippen LogP contribution < -0.4 is 19.7 Å². The van der Waals surface area contributed by atoms with Gasteiger partial charge < -0.3 is 24.4 Å². The third-order valence-corrected chi connectivity index (χ3v) is 7.71. The normalized spacial score (nSPS) is 28.5. The van der Waals surface area contributed by atoms with Gasteiger partial charge in [0.1, 0.15) is 19.4 Å². The van der Waals surface area contributed by atoms with Crippen molar-refractivity contribution in [2.45, 2.75) is 43.6 Å². The molecule has 4 heterocycles.